The summed E-state index contributed by atoms with van der Waals surface area (Å²) in [4.78, 5) is 23.1. The van der Waals surface area contributed by atoms with Gasteiger partial charge in [-0.2, -0.15) is 5.06 Å². The summed E-state index contributed by atoms with van der Waals surface area (Å²) in [5.41, 5.74) is -0.538. The summed E-state index contributed by atoms with van der Waals surface area (Å²) in [5, 5.41) is 1.35. The number of rotatable bonds is 5. The van der Waals surface area contributed by atoms with E-state index in [1.54, 1.807) is 32.9 Å². The smallest absolute Gasteiger partial charge is 0.251 e. The molecule has 0 unspecified atom stereocenters. The highest BCUT2D eigenvalue weighted by atomic mass is 19.3. The lowest BCUT2D eigenvalue weighted by molar-refractivity contribution is -0.120. The van der Waals surface area contributed by atoms with Crippen LogP contribution in [0.25, 0.3) is 10.9 Å². The van der Waals surface area contributed by atoms with Crippen LogP contribution in [0.3, 0.4) is 0 Å². The minimum absolute atomic E-state index is 0.0391. The van der Waals surface area contributed by atoms with Gasteiger partial charge >= 0.3 is 0 Å². The summed E-state index contributed by atoms with van der Waals surface area (Å²) in [6.45, 7) is 5.10. The van der Waals surface area contributed by atoms with Crippen molar-refractivity contribution in [1.82, 2.24) is 4.98 Å². The van der Waals surface area contributed by atoms with Gasteiger partial charge in [-0.1, -0.05) is 0 Å². The fraction of sp³-hybridized carbons (Fsp3) is 0.500. The van der Waals surface area contributed by atoms with Gasteiger partial charge in [-0.25, -0.2) is 18.2 Å². The number of methoxy groups -OCH3 is 1. The maximum atomic E-state index is 15.6. The topological polar surface area (TPSA) is 54.9 Å². The van der Waals surface area contributed by atoms with E-state index in [4.69, 9.17) is 9.57 Å². The minimum Gasteiger partial charge on any atom is -0.481 e. The van der Waals surface area contributed by atoms with Crippen LogP contribution in [0.5, 0.6) is 5.88 Å². The van der Waals surface area contributed by atoms with Crippen LogP contribution >= 0.6 is 0 Å². The first-order chi connectivity index (χ1) is 13.5. The van der Waals surface area contributed by atoms with Crippen molar-refractivity contribution in [2.45, 2.75) is 45.1 Å². The number of hydroxylamine groups is 1. The van der Waals surface area contributed by atoms with Gasteiger partial charge in [0.25, 0.3) is 5.92 Å². The van der Waals surface area contributed by atoms with E-state index in [0.717, 1.165) is 5.06 Å². The number of halogens is 3. The standard InChI is InChI=1S/C20H24F3N3O3/c1-19(2,3)29-26(12-27)14-11-13-5-6-15(28-4)24-17(13)18(16(14)21)25-9-7-20(22,23)8-10-25/h5-6,11-12H,7-10H2,1-4H3. The van der Waals surface area contributed by atoms with Gasteiger partial charge in [0.15, 0.2) is 5.82 Å². The lowest BCUT2D eigenvalue weighted by atomic mass is 10.0. The number of carbonyl (C=O) groups excluding carboxylic acids is 1. The molecule has 1 fully saturated rings. The first-order valence-electron chi connectivity index (χ1n) is 9.28. The molecular formula is C20H24F3N3O3. The molecule has 2 heterocycles. The Kier molecular flexibility index (Phi) is 5.62. The van der Waals surface area contributed by atoms with Crippen LogP contribution in [0, 0.1) is 5.82 Å². The lowest BCUT2D eigenvalue weighted by Crippen LogP contribution is -2.40. The van der Waals surface area contributed by atoms with E-state index in [-0.39, 0.29) is 35.9 Å². The summed E-state index contributed by atoms with van der Waals surface area (Å²) in [7, 11) is 1.44. The highest BCUT2D eigenvalue weighted by molar-refractivity contribution is 5.96. The maximum Gasteiger partial charge on any atom is 0.251 e. The number of hydrogen-bond acceptors (Lipinski definition) is 5. The molecule has 9 heteroatoms. The highest BCUT2D eigenvalue weighted by Crippen LogP contribution is 2.40. The van der Waals surface area contributed by atoms with E-state index in [2.05, 4.69) is 4.98 Å². The first-order valence-corrected chi connectivity index (χ1v) is 9.28. The first kappa shape index (κ1) is 21.2. The van der Waals surface area contributed by atoms with Crippen molar-refractivity contribution in [1.29, 1.82) is 0 Å². The Morgan fingerprint density at radius 1 is 1.24 bits per heavy atom. The number of pyridine rings is 1. The second kappa shape index (κ2) is 7.70. The fourth-order valence-electron chi connectivity index (χ4n) is 3.24. The number of alkyl halides is 2. The molecule has 0 saturated carbocycles. The monoisotopic (exact) mass is 411 g/mol. The number of carbonyl (C=O) groups is 1. The van der Waals surface area contributed by atoms with E-state index < -0.39 is 30.2 Å². The molecule has 1 aliphatic rings. The molecular weight excluding hydrogens is 387 g/mol. The van der Waals surface area contributed by atoms with Gasteiger partial charge in [-0.15, -0.1) is 0 Å². The number of ether oxygens (including phenoxy) is 1. The molecule has 1 aromatic carbocycles. The highest BCUT2D eigenvalue weighted by Gasteiger charge is 2.36. The van der Waals surface area contributed by atoms with Crippen LogP contribution in [-0.4, -0.2) is 43.1 Å². The number of nitrogens with zero attached hydrogens (tertiary/aromatic N) is 3. The molecule has 1 saturated heterocycles. The van der Waals surface area contributed by atoms with Gasteiger partial charge < -0.3 is 9.64 Å². The number of anilines is 2. The predicted molar refractivity (Wildman–Crippen MR) is 104 cm³/mol. The number of piperidine rings is 1. The largest absolute Gasteiger partial charge is 0.481 e. The Hall–Kier alpha value is -2.55. The minimum atomic E-state index is -2.78. The second-order valence-electron chi connectivity index (χ2n) is 7.96. The van der Waals surface area contributed by atoms with Crippen molar-refractivity contribution < 1.29 is 27.5 Å². The number of amides is 1. The van der Waals surface area contributed by atoms with Crippen LogP contribution in [0.2, 0.25) is 0 Å². The third-order valence-electron chi connectivity index (χ3n) is 4.58. The average Bonchev–Trinajstić information content (AvgIpc) is 2.65. The molecule has 1 amide bonds. The SMILES string of the molecule is COc1ccc2cc(N(C=O)OC(C)(C)C)c(F)c(N3CCC(F)(F)CC3)c2n1. The molecule has 0 aliphatic carbocycles. The van der Waals surface area contributed by atoms with Crippen LogP contribution in [0.1, 0.15) is 33.6 Å². The van der Waals surface area contributed by atoms with Gasteiger partial charge in [0.05, 0.1) is 12.7 Å². The Labute approximate surface area is 167 Å². The number of benzene rings is 1. The normalized spacial score (nSPS) is 16.7. The molecule has 6 nitrogen and oxygen atoms in total. The summed E-state index contributed by atoms with van der Waals surface area (Å²) < 4.78 is 48.1. The van der Waals surface area contributed by atoms with Gasteiger partial charge in [-0.3, -0.25) is 9.63 Å². The van der Waals surface area contributed by atoms with E-state index >= 15 is 4.39 Å². The van der Waals surface area contributed by atoms with Gasteiger partial charge in [0.2, 0.25) is 12.3 Å². The van der Waals surface area contributed by atoms with E-state index in [1.165, 1.54) is 18.1 Å². The Morgan fingerprint density at radius 3 is 2.45 bits per heavy atom. The van der Waals surface area contributed by atoms with Crippen LogP contribution < -0.4 is 14.7 Å². The van der Waals surface area contributed by atoms with Crippen molar-refractivity contribution in [3.63, 3.8) is 0 Å². The van der Waals surface area contributed by atoms with Gasteiger partial charge in [0.1, 0.15) is 16.9 Å². The van der Waals surface area contributed by atoms with E-state index in [1.807, 2.05) is 0 Å². The van der Waals surface area contributed by atoms with Crippen molar-refractivity contribution in [3.05, 3.63) is 24.0 Å². The summed E-state index contributed by atoms with van der Waals surface area (Å²) in [5.74, 6) is -3.28. The molecule has 0 atom stereocenters. The summed E-state index contributed by atoms with van der Waals surface area (Å²) >= 11 is 0. The molecule has 1 aromatic heterocycles. The van der Waals surface area contributed by atoms with E-state index in [9.17, 15) is 13.6 Å². The van der Waals surface area contributed by atoms with Gasteiger partial charge in [0, 0.05) is 37.4 Å². The zero-order chi connectivity index (χ0) is 21.4. The molecule has 3 rings (SSSR count). The lowest BCUT2D eigenvalue weighted by Gasteiger charge is -2.35. The predicted octanol–water partition coefficient (Wildman–Crippen LogP) is 4.31. The Morgan fingerprint density at radius 2 is 1.90 bits per heavy atom. The number of aromatic nitrogens is 1. The molecule has 158 valence electrons. The Bertz CT molecular complexity index is 905. The van der Waals surface area contributed by atoms with Crippen molar-refractivity contribution >= 4 is 28.7 Å². The molecule has 2 aromatic rings. The third-order valence-corrected chi connectivity index (χ3v) is 4.58. The third kappa shape index (κ3) is 4.55. The Balaban J connectivity index is 2.17. The number of fused-ring (bicyclic) bond motifs is 1. The van der Waals surface area contributed by atoms with E-state index in [0.29, 0.717) is 11.8 Å². The van der Waals surface area contributed by atoms with Crippen LogP contribution in [-0.2, 0) is 9.63 Å². The summed E-state index contributed by atoms with van der Waals surface area (Å²) in [6.07, 6.45) is -0.406. The average molecular weight is 411 g/mol. The maximum absolute atomic E-state index is 15.6. The van der Waals surface area contributed by atoms with Gasteiger partial charge in [-0.05, 0) is 32.9 Å². The molecule has 0 radical (unpaired) electrons. The molecule has 0 N–H and O–H groups in total. The van der Waals surface area contributed by atoms with Crippen LogP contribution in [0.4, 0.5) is 24.5 Å². The molecule has 1 aliphatic heterocycles. The second-order valence-corrected chi connectivity index (χ2v) is 7.96. The van der Waals surface area contributed by atoms with Crippen molar-refractivity contribution in [2.75, 3.05) is 30.2 Å². The number of hydrogen-bond donors (Lipinski definition) is 0. The quantitative estimate of drug-likeness (QED) is 0.542. The summed E-state index contributed by atoms with van der Waals surface area (Å²) in [6, 6.07) is 4.72. The zero-order valence-electron chi connectivity index (χ0n) is 16.8. The zero-order valence-corrected chi connectivity index (χ0v) is 16.8. The fourth-order valence-corrected chi connectivity index (χ4v) is 3.24. The van der Waals surface area contributed by atoms with Crippen molar-refractivity contribution in [3.8, 4) is 5.88 Å². The molecule has 0 spiro atoms. The van der Waals surface area contributed by atoms with Crippen molar-refractivity contribution in [2.24, 2.45) is 0 Å². The molecule has 0 bridgehead atoms. The van der Waals surface area contributed by atoms with Crippen LogP contribution in [0.15, 0.2) is 18.2 Å². The molecule has 29 heavy (non-hydrogen) atoms.